The number of anilines is 1. The third-order valence-electron chi connectivity index (χ3n) is 3.02. The molecule has 1 saturated heterocycles. The fraction of sp³-hybridized carbons (Fsp3) is 0.385. The van der Waals surface area contributed by atoms with E-state index in [1.165, 1.54) is 14.0 Å². The summed E-state index contributed by atoms with van der Waals surface area (Å²) in [6, 6.07) is 1.42. The monoisotopic (exact) mass is 336 g/mol. The number of halogens is 4. The van der Waals surface area contributed by atoms with Crippen LogP contribution in [0.25, 0.3) is 0 Å². The van der Waals surface area contributed by atoms with Crippen LogP contribution in [0.3, 0.4) is 0 Å². The molecule has 0 N–H and O–H groups in total. The standard InChI is InChI=1S/C13H12F4N2O2S/c1-7-3-8(14)9(4-10(7)22-6-13(15,16)17)19-11(20)5-18(2)12(19)21/h3-4H,5-6H2,1-2H3. The van der Waals surface area contributed by atoms with Gasteiger partial charge in [0.05, 0.1) is 11.4 Å². The van der Waals surface area contributed by atoms with Crippen molar-refractivity contribution < 1.29 is 27.2 Å². The molecule has 0 aliphatic carbocycles. The van der Waals surface area contributed by atoms with Crippen LogP contribution >= 0.6 is 11.8 Å². The van der Waals surface area contributed by atoms with Crippen LogP contribution in [0.1, 0.15) is 5.56 Å². The summed E-state index contributed by atoms with van der Waals surface area (Å²) >= 11 is 0.484. The molecule has 2 rings (SSSR count). The van der Waals surface area contributed by atoms with E-state index in [4.69, 9.17) is 0 Å². The summed E-state index contributed by atoms with van der Waals surface area (Å²) in [5.41, 5.74) is -0.0161. The lowest BCUT2D eigenvalue weighted by Crippen LogP contribution is -2.32. The molecular weight excluding hydrogens is 324 g/mol. The third-order valence-corrected chi connectivity index (χ3v) is 4.24. The zero-order valence-corrected chi connectivity index (χ0v) is 12.5. The minimum absolute atomic E-state index is 0.170. The van der Waals surface area contributed by atoms with Crippen LogP contribution in [0.15, 0.2) is 17.0 Å². The van der Waals surface area contributed by atoms with Gasteiger partial charge < -0.3 is 4.90 Å². The highest BCUT2D eigenvalue weighted by atomic mass is 32.2. The first kappa shape index (κ1) is 16.6. The van der Waals surface area contributed by atoms with Gasteiger partial charge in [0, 0.05) is 11.9 Å². The molecule has 0 unspecified atom stereocenters. The summed E-state index contributed by atoms with van der Waals surface area (Å²) in [4.78, 5) is 25.5. The number of hydrogen-bond donors (Lipinski definition) is 0. The number of carbonyl (C=O) groups is 2. The number of thioether (sulfide) groups is 1. The molecule has 0 saturated carbocycles. The molecule has 1 aliphatic rings. The average molecular weight is 336 g/mol. The van der Waals surface area contributed by atoms with Crippen molar-refractivity contribution in [2.45, 2.75) is 18.0 Å². The van der Waals surface area contributed by atoms with Crippen molar-refractivity contribution >= 4 is 29.4 Å². The van der Waals surface area contributed by atoms with Gasteiger partial charge in [-0.25, -0.2) is 14.1 Å². The number of alkyl halides is 3. The van der Waals surface area contributed by atoms with E-state index in [1.807, 2.05) is 0 Å². The molecule has 1 aliphatic heterocycles. The Morgan fingerprint density at radius 2 is 1.91 bits per heavy atom. The van der Waals surface area contributed by atoms with E-state index in [2.05, 4.69) is 0 Å². The molecule has 3 amide bonds. The molecule has 120 valence electrons. The molecule has 9 heteroatoms. The lowest BCUT2D eigenvalue weighted by molar-refractivity contribution is -0.116. The number of hydrogen-bond acceptors (Lipinski definition) is 3. The maximum Gasteiger partial charge on any atom is 0.398 e. The van der Waals surface area contributed by atoms with Crippen LogP contribution in [-0.4, -0.2) is 42.4 Å². The van der Waals surface area contributed by atoms with Gasteiger partial charge in [0.2, 0.25) is 0 Å². The Hall–Kier alpha value is -1.77. The third kappa shape index (κ3) is 3.34. The molecule has 22 heavy (non-hydrogen) atoms. The Kier molecular flexibility index (Phi) is 4.37. The highest BCUT2D eigenvalue weighted by molar-refractivity contribution is 7.99. The van der Waals surface area contributed by atoms with Crippen molar-refractivity contribution in [2.75, 3.05) is 24.2 Å². The first-order valence-corrected chi connectivity index (χ1v) is 7.16. The Morgan fingerprint density at radius 3 is 2.41 bits per heavy atom. The summed E-state index contributed by atoms with van der Waals surface area (Å²) in [6.45, 7) is 1.27. The molecule has 1 heterocycles. The lowest BCUT2D eigenvalue weighted by Gasteiger charge is -2.17. The second-order valence-corrected chi connectivity index (χ2v) is 5.86. The number of benzene rings is 1. The van der Waals surface area contributed by atoms with Crippen LogP contribution in [-0.2, 0) is 4.79 Å². The van der Waals surface area contributed by atoms with Gasteiger partial charge in [-0.1, -0.05) is 0 Å². The fourth-order valence-corrected chi connectivity index (χ4v) is 2.79. The maximum absolute atomic E-state index is 14.0. The summed E-state index contributed by atoms with van der Waals surface area (Å²) in [5.74, 6) is -2.59. The molecule has 0 spiro atoms. The van der Waals surface area contributed by atoms with Crippen LogP contribution in [0.4, 0.5) is 28.0 Å². The highest BCUT2D eigenvalue weighted by Crippen LogP contribution is 2.34. The van der Waals surface area contributed by atoms with Gasteiger partial charge in [-0.3, -0.25) is 4.79 Å². The van der Waals surface area contributed by atoms with Crippen LogP contribution in [0, 0.1) is 12.7 Å². The smallest absolute Gasteiger partial charge is 0.318 e. The maximum atomic E-state index is 14.0. The van der Waals surface area contributed by atoms with Crippen molar-refractivity contribution in [3.63, 3.8) is 0 Å². The predicted molar refractivity (Wildman–Crippen MR) is 73.4 cm³/mol. The molecular formula is C13H12F4N2O2S. The van der Waals surface area contributed by atoms with Crippen molar-refractivity contribution in [3.8, 4) is 0 Å². The molecule has 0 bridgehead atoms. The predicted octanol–water partition coefficient (Wildman–Crippen LogP) is 3.19. The first-order valence-electron chi connectivity index (χ1n) is 6.18. The normalized spacial score (nSPS) is 15.9. The Morgan fingerprint density at radius 1 is 1.27 bits per heavy atom. The summed E-state index contributed by atoms with van der Waals surface area (Å²) in [5, 5.41) is 0. The second kappa shape index (κ2) is 5.79. The van der Waals surface area contributed by atoms with E-state index in [0.717, 1.165) is 17.0 Å². The van der Waals surface area contributed by atoms with Gasteiger partial charge >= 0.3 is 12.2 Å². The van der Waals surface area contributed by atoms with Crippen LogP contribution < -0.4 is 4.90 Å². The molecule has 0 aromatic heterocycles. The second-order valence-electron chi connectivity index (χ2n) is 4.84. The SMILES string of the molecule is Cc1cc(F)c(N2C(=O)CN(C)C2=O)cc1SCC(F)(F)F. The Labute approximate surface area is 128 Å². The van der Waals surface area contributed by atoms with E-state index in [1.54, 1.807) is 0 Å². The van der Waals surface area contributed by atoms with E-state index in [9.17, 15) is 27.2 Å². The number of likely N-dealkylation sites (N-methyl/N-ethyl adjacent to an activating group) is 1. The number of nitrogens with zero attached hydrogens (tertiary/aromatic N) is 2. The number of aryl methyl sites for hydroxylation is 1. The highest BCUT2D eigenvalue weighted by Gasteiger charge is 2.37. The van der Waals surface area contributed by atoms with Crippen LogP contribution in [0.5, 0.6) is 0 Å². The van der Waals surface area contributed by atoms with Crippen molar-refractivity contribution in [3.05, 3.63) is 23.5 Å². The summed E-state index contributed by atoms with van der Waals surface area (Å²) in [6.07, 6.45) is -4.37. The minimum atomic E-state index is -4.37. The van der Waals surface area contributed by atoms with E-state index >= 15 is 0 Å². The van der Waals surface area contributed by atoms with Crippen molar-refractivity contribution in [1.82, 2.24) is 4.90 Å². The number of urea groups is 1. The molecule has 1 aromatic carbocycles. The van der Waals surface area contributed by atoms with Gasteiger partial charge in [0.25, 0.3) is 5.91 Å². The van der Waals surface area contributed by atoms with Crippen molar-refractivity contribution in [2.24, 2.45) is 0 Å². The molecule has 1 aromatic rings. The fourth-order valence-electron chi connectivity index (χ4n) is 1.98. The number of rotatable bonds is 3. The van der Waals surface area contributed by atoms with E-state index in [-0.39, 0.29) is 17.1 Å². The van der Waals surface area contributed by atoms with Gasteiger partial charge in [-0.05, 0) is 24.6 Å². The van der Waals surface area contributed by atoms with E-state index in [0.29, 0.717) is 22.2 Å². The zero-order chi connectivity index (χ0) is 16.7. The zero-order valence-electron chi connectivity index (χ0n) is 11.7. The minimum Gasteiger partial charge on any atom is -0.318 e. The molecule has 0 atom stereocenters. The molecule has 4 nitrogen and oxygen atoms in total. The summed E-state index contributed by atoms with van der Waals surface area (Å²) in [7, 11) is 1.38. The van der Waals surface area contributed by atoms with Gasteiger partial charge in [0.15, 0.2) is 0 Å². The van der Waals surface area contributed by atoms with Gasteiger partial charge in [0.1, 0.15) is 12.4 Å². The quantitative estimate of drug-likeness (QED) is 0.484. The largest absolute Gasteiger partial charge is 0.398 e. The lowest BCUT2D eigenvalue weighted by atomic mass is 10.2. The Balaban J connectivity index is 2.36. The number of amides is 3. The Bertz CT molecular complexity index is 633. The van der Waals surface area contributed by atoms with Crippen LogP contribution in [0.2, 0.25) is 0 Å². The molecule has 1 fully saturated rings. The first-order chi connectivity index (χ1) is 10.1. The molecule has 0 radical (unpaired) electrons. The van der Waals surface area contributed by atoms with E-state index < -0.39 is 29.7 Å². The van der Waals surface area contributed by atoms with Crippen molar-refractivity contribution in [1.29, 1.82) is 0 Å². The average Bonchev–Trinajstić information content (AvgIpc) is 2.62. The number of imide groups is 1. The van der Waals surface area contributed by atoms with Gasteiger partial charge in [-0.15, -0.1) is 11.8 Å². The van der Waals surface area contributed by atoms with Gasteiger partial charge in [-0.2, -0.15) is 13.2 Å². The number of carbonyl (C=O) groups excluding carboxylic acids is 2. The summed E-state index contributed by atoms with van der Waals surface area (Å²) < 4.78 is 51.0. The topological polar surface area (TPSA) is 40.6 Å².